The second-order valence-corrected chi connectivity index (χ2v) is 7.01. The van der Waals surface area contributed by atoms with Crippen LogP contribution in [0.4, 0.5) is 4.39 Å². The monoisotopic (exact) mass is 280 g/mol. The van der Waals surface area contributed by atoms with Gasteiger partial charge in [0.15, 0.2) is 14.0 Å². The molecule has 96 valence electrons. The first kappa shape index (κ1) is 14.4. The number of sulfone groups is 1. The van der Waals surface area contributed by atoms with Gasteiger partial charge in [0.1, 0.15) is 11.9 Å². The average molecular weight is 281 g/mol. The van der Waals surface area contributed by atoms with Crippen LogP contribution in [0.5, 0.6) is 0 Å². The predicted molar refractivity (Wildman–Crippen MR) is 65.1 cm³/mol. The van der Waals surface area contributed by atoms with E-state index in [0.29, 0.717) is 0 Å². The Bertz CT molecular complexity index is 503. The first-order valence-corrected chi connectivity index (χ1v) is 7.32. The molecule has 1 aromatic rings. The fourth-order valence-corrected chi connectivity index (χ4v) is 2.76. The van der Waals surface area contributed by atoms with Crippen molar-refractivity contribution in [3.63, 3.8) is 0 Å². The lowest BCUT2D eigenvalue weighted by Gasteiger charge is -2.29. The van der Waals surface area contributed by atoms with E-state index in [2.05, 4.69) is 0 Å². The fourth-order valence-electron chi connectivity index (χ4n) is 1.59. The molecule has 0 aromatic heterocycles. The third kappa shape index (κ3) is 2.61. The summed E-state index contributed by atoms with van der Waals surface area (Å²) in [6, 6.07) is 5.43. The molecule has 0 aliphatic carbocycles. The molecule has 0 fully saturated rings. The number of benzene rings is 1. The van der Waals surface area contributed by atoms with Crippen molar-refractivity contribution in [3.05, 3.63) is 35.6 Å². The van der Waals surface area contributed by atoms with Crippen molar-refractivity contribution in [1.82, 2.24) is 0 Å². The van der Waals surface area contributed by atoms with Crippen LogP contribution in [-0.2, 0) is 9.84 Å². The highest BCUT2D eigenvalue weighted by Gasteiger charge is 2.45. The third-order valence-corrected chi connectivity index (χ3v) is 5.77. The first-order chi connectivity index (χ1) is 7.74. The number of aliphatic hydroxyl groups is 1. The first-order valence-electron chi connectivity index (χ1n) is 5.05. The second-order valence-electron chi connectivity index (χ2n) is 3.84. The number of rotatable bonds is 4. The Labute approximate surface area is 105 Å². The zero-order chi connectivity index (χ0) is 13.3. The molecule has 0 radical (unpaired) electrons. The van der Waals surface area contributed by atoms with Crippen LogP contribution in [0.25, 0.3) is 0 Å². The molecule has 0 saturated heterocycles. The number of hydrogen-bond acceptors (Lipinski definition) is 3. The number of aliphatic hydroxyl groups excluding tert-OH is 1. The minimum Gasteiger partial charge on any atom is -0.385 e. The van der Waals surface area contributed by atoms with Crippen molar-refractivity contribution in [2.45, 2.75) is 23.7 Å². The topological polar surface area (TPSA) is 54.4 Å². The fraction of sp³-hybridized carbons (Fsp3) is 0.455. The second kappa shape index (κ2) is 4.92. The molecule has 0 aliphatic heterocycles. The largest absolute Gasteiger partial charge is 0.385 e. The lowest BCUT2D eigenvalue weighted by Crippen LogP contribution is -2.38. The molecule has 3 nitrogen and oxygen atoms in total. The van der Waals surface area contributed by atoms with Gasteiger partial charge >= 0.3 is 0 Å². The van der Waals surface area contributed by atoms with Crippen molar-refractivity contribution in [2.75, 3.05) is 6.26 Å². The summed E-state index contributed by atoms with van der Waals surface area (Å²) < 4.78 is 34.8. The van der Waals surface area contributed by atoms with Crippen LogP contribution in [0.15, 0.2) is 24.3 Å². The van der Waals surface area contributed by atoms with Gasteiger partial charge in [0.25, 0.3) is 0 Å². The number of hydrogen-bond donors (Lipinski definition) is 1. The molecule has 2 atom stereocenters. The molecular weight excluding hydrogens is 267 g/mol. The Morgan fingerprint density at radius 1 is 1.47 bits per heavy atom. The van der Waals surface area contributed by atoms with Gasteiger partial charge in [0.2, 0.25) is 0 Å². The lowest BCUT2D eigenvalue weighted by atomic mass is 10.0. The maximum Gasteiger partial charge on any atom is 0.175 e. The summed E-state index contributed by atoms with van der Waals surface area (Å²) in [5.74, 6) is -0.679. The summed E-state index contributed by atoms with van der Waals surface area (Å²) in [7, 11) is -3.73. The Hall–Kier alpha value is -0.650. The van der Waals surface area contributed by atoms with E-state index in [1.807, 2.05) is 0 Å². The number of halogens is 2. The van der Waals surface area contributed by atoms with E-state index in [-0.39, 0.29) is 12.0 Å². The summed E-state index contributed by atoms with van der Waals surface area (Å²) in [5, 5.41) is 10.0. The maximum atomic E-state index is 13.5. The van der Waals surface area contributed by atoms with Crippen molar-refractivity contribution < 1.29 is 17.9 Å². The summed E-state index contributed by atoms with van der Waals surface area (Å²) in [5.41, 5.74) is -0.116. The minimum absolute atomic E-state index is 0.0249. The van der Waals surface area contributed by atoms with Gasteiger partial charge in [-0.2, -0.15) is 0 Å². The third-order valence-electron chi connectivity index (χ3n) is 2.71. The Kier molecular flexibility index (Phi) is 4.17. The van der Waals surface area contributed by atoms with Crippen molar-refractivity contribution in [3.8, 4) is 0 Å². The normalized spacial score (nSPS) is 17.5. The average Bonchev–Trinajstić information content (AvgIpc) is 2.26. The Balaban J connectivity index is 3.29. The molecule has 1 N–H and O–H groups in total. The zero-order valence-electron chi connectivity index (χ0n) is 9.52. The van der Waals surface area contributed by atoms with E-state index >= 15 is 0 Å². The summed E-state index contributed by atoms with van der Waals surface area (Å²) in [6.45, 7) is 1.53. The van der Waals surface area contributed by atoms with E-state index in [1.165, 1.54) is 25.1 Å². The highest BCUT2D eigenvalue weighted by molar-refractivity contribution is 7.93. The smallest absolute Gasteiger partial charge is 0.175 e. The van der Waals surface area contributed by atoms with Gasteiger partial charge in [-0.1, -0.05) is 36.7 Å². The van der Waals surface area contributed by atoms with Gasteiger partial charge < -0.3 is 5.11 Å². The lowest BCUT2D eigenvalue weighted by molar-refractivity contribution is 0.150. The molecule has 0 bridgehead atoms. The highest BCUT2D eigenvalue weighted by Crippen LogP contribution is 2.40. The maximum absolute atomic E-state index is 13.5. The zero-order valence-corrected chi connectivity index (χ0v) is 11.1. The van der Waals surface area contributed by atoms with E-state index in [4.69, 9.17) is 11.6 Å². The van der Waals surface area contributed by atoms with Crippen LogP contribution in [0.3, 0.4) is 0 Å². The van der Waals surface area contributed by atoms with Crippen LogP contribution < -0.4 is 0 Å². The highest BCUT2D eigenvalue weighted by atomic mass is 35.5. The van der Waals surface area contributed by atoms with Crippen LogP contribution in [0.2, 0.25) is 0 Å². The molecule has 17 heavy (non-hydrogen) atoms. The number of alkyl halides is 1. The van der Waals surface area contributed by atoms with Crippen LogP contribution in [-0.4, -0.2) is 24.0 Å². The molecular formula is C11H14ClFO3S. The minimum atomic E-state index is -3.73. The summed E-state index contributed by atoms with van der Waals surface area (Å²) in [4.78, 5) is 0. The SMILES string of the molecule is CC[C@](Cl)([C@H](O)c1ccccc1F)S(C)(=O)=O. The van der Waals surface area contributed by atoms with Crippen LogP contribution in [0.1, 0.15) is 25.0 Å². The molecule has 0 saturated carbocycles. The van der Waals surface area contributed by atoms with Crippen molar-refractivity contribution in [2.24, 2.45) is 0 Å². The van der Waals surface area contributed by atoms with Gasteiger partial charge in [-0.15, -0.1) is 0 Å². The molecule has 0 heterocycles. The molecule has 0 spiro atoms. The van der Waals surface area contributed by atoms with Gasteiger partial charge in [-0.05, 0) is 12.5 Å². The molecule has 1 aromatic carbocycles. The molecule has 1 rings (SSSR count). The van der Waals surface area contributed by atoms with Gasteiger partial charge in [0, 0.05) is 11.8 Å². The van der Waals surface area contributed by atoms with Crippen LogP contribution in [0, 0.1) is 5.82 Å². The van der Waals surface area contributed by atoms with Crippen LogP contribution >= 0.6 is 11.6 Å². The molecule has 0 unspecified atom stereocenters. The molecule has 6 heteroatoms. The predicted octanol–water partition coefficient (Wildman–Crippen LogP) is 2.25. The van der Waals surface area contributed by atoms with Gasteiger partial charge in [-0.3, -0.25) is 0 Å². The van der Waals surface area contributed by atoms with Crippen molar-refractivity contribution >= 4 is 21.4 Å². The Morgan fingerprint density at radius 3 is 2.41 bits per heavy atom. The quantitative estimate of drug-likeness (QED) is 0.861. The summed E-state index contributed by atoms with van der Waals surface area (Å²) >= 11 is 5.95. The molecule has 0 amide bonds. The standard InChI is InChI=1S/C11H14ClFO3S/c1-3-11(12,17(2,15)16)10(14)8-6-4-5-7-9(8)13/h4-7,10,14H,3H2,1-2H3/t10-,11-/m1/s1. The van der Waals surface area contributed by atoms with Crippen molar-refractivity contribution in [1.29, 1.82) is 0 Å². The summed E-state index contributed by atoms with van der Waals surface area (Å²) in [6.07, 6.45) is -0.707. The van der Waals surface area contributed by atoms with Gasteiger partial charge in [-0.25, -0.2) is 12.8 Å². The molecule has 0 aliphatic rings. The Morgan fingerprint density at radius 2 is 2.00 bits per heavy atom. The van der Waals surface area contributed by atoms with Gasteiger partial charge in [0.05, 0.1) is 0 Å². The van der Waals surface area contributed by atoms with E-state index in [1.54, 1.807) is 0 Å². The van der Waals surface area contributed by atoms with E-state index < -0.39 is 26.0 Å². The van der Waals surface area contributed by atoms with E-state index in [9.17, 15) is 17.9 Å². The van der Waals surface area contributed by atoms with E-state index in [0.717, 1.165) is 12.3 Å².